The van der Waals surface area contributed by atoms with Crippen molar-refractivity contribution >= 4 is 12.5 Å². The number of nitriles is 1. The summed E-state index contributed by atoms with van der Waals surface area (Å²) in [5.74, 6) is -0.309. The van der Waals surface area contributed by atoms with Gasteiger partial charge in [0.2, 0.25) is 0 Å². The first kappa shape index (κ1) is 13.1. The number of nitrogens with zero attached hydrogens (tertiary/aromatic N) is 2. The maximum atomic E-state index is 13.6. The van der Waals surface area contributed by atoms with Crippen LogP contribution >= 0.6 is 0 Å². The summed E-state index contributed by atoms with van der Waals surface area (Å²) < 4.78 is 13.6. The van der Waals surface area contributed by atoms with Crippen molar-refractivity contribution in [1.29, 1.82) is 5.26 Å². The second-order valence-corrected chi connectivity index (χ2v) is 3.52. The van der Waals surface area contributed by atoms with Crippen LogP contribution in [0, 0.1) is 17.1 Å². The maximum absolute atomic E-state index is 13.6. The largest absolute Gasteiger partial charge is 0.367 e. The summed E-state index contributed by atoms with van der Waals surface area (Å²) in [7, 11) is 0. The smallest absolute Gasteiger partial charge is 0.147 e. The van der Waals surface area contributed by atoms with Crippen molar-refractivity contribution in [2.45, 2.75) is 0 Å². The van der Waals surface area contributed by atoms with Gasteiger partial charge in [0.15, 0.2) is 0 Å². The molecule has 0 radical (unpaired) electrons. The standard InChI is InChI=1S/C11H12FN3.CH2O/c12-10-7-9(8-13)1-2-11(10)15-5-3-14-4-6-15;1-2/h1-2,7,14H,3-6H2;1H2. The van der Waals surface area contributed by atoms with E-state index in [1.54, 1.807) is 12.1 Å². The van der Waals surface area contributed by atoms with Gasteiger partial charge in [0.05, 0.1) is 17.3 Å². The van der Waals surface area contributed by atoms with Crippen LogP contribution in [0.5, 0.6) is 0 Å². The number of halogens is 1. The van der Waals surface area contributed by atoms with Crippen LogP contribution in [-0.2, 0) is 4.79 Å². The van der Waals surface area contributed by atoms with Gasteiger partial charge in [-0.25, -0.2) is 4.39 Å². The van der Waals surface area contributed by atoms with E-state index in [1.165, 1.54) is 6.07 Å². The van der Waals surface area contributed by atoms with Crippen LogP contribution in [0.2, 0.25) is 0 Å². The lowest BCUT2D eigenvalue weighted by atomic mass is 10.2. The van der Waals surface area contributed by atoms with Gasteiger partial charge in [0, 0.05) is 26.2 Å². The van der Waals surface area contributed by atoms with Crippen LogP contribution in [0.4, 0.5) is 10.1 Å². The maximum Gasteiger partial charge on any atom is 0.147 e. The molecule has 1 aliphatic heterocycles. The van der Waals surface area contributed by atoms with Crippen LogP contribution in [0.25, 0.3) is 0 Å². The zero-order chi connectivity index (χ0) is 12.7. The molecule has 17 heavy (non-hydrogen) atoms. The number of piperazine rings is 1. The molecule has 4 nitrogen and oxygen atoms in total. The highest BCUT2D eigenvalue weighted by molar-refractivity contribution is 5.51. The lowest BCUT2D eigenvalue weighted by Gasteiger charge is -2.29. The predicted molar refractivity (Wildman–Crippen MR) is 63.3 cm³/mol. The molecule has 90 valence electrons. The van der Waals surface area contributed by atoms with E-state index in [-0.39, 0.29) is 5.82 Å². The highest BCUT2D eigenvalue weighted by Gasteiger charge is 2.14. The first-order valence-electron chi connectivity index (χ1n) is 5.25. The van der Waals surface area contributed by atoms with Gasteiger partial charge in [0.1, 0.15) is 12.6 Å². The molecule has 0 spiro atoms. The molecule has 2 rings (SSSR count). The van der Waals surface area contributed by atoms with Crippen molar-refractivity contribution in [2.75, 3.05) is 31.1 Å². The minimum atomic E-state index is -0.309. The van der Waals surface area contributed by atoms with Crippen molar-refractivity contribution in [3.8, 4) is 6.07 Å². The first-order valence-corrected chi connectivity index (χ1v) is 5.25. The molecule has 1 heterocycles. The molecule has 0 amide bonds. The summed E-state index contributed by atoms with van der Waals surface area (Å²) >= 11 is 0. The number of hydrogen-bond donors (Lipinski definition) is 1. The third kappa shape index (κ3) is 3.26. The summed E-state index contributed by atoms with van der Waals surface area (Å²) in [6, 6.07) is 6.55. The second kappa shape index (κ2) is 6.61. The quantitative estimate of drug-likeness (QED) is 0.786. The van der Waals surface area contributed by atoms with E-state index in [1.807, 2.05) is 17.8 Å². The fraction of sp³-hybridized carbons (Fsp3) is 0.333. The predicted octanol–water partition coefficient (Wildman–Crippen LogP) is 0.922. The molecule has 0 atom stereocenters. The number of nitrogens with one attached hydrogen (secondary N) is 1. The Morgan fingerprint density at radius 3 is 2.53 bits per heavy atom. The zero-order valence-corrected chi connectivity index (χ0v) is 9.45. The van der Waals surface area contributed by atoms with E-state index in [0.717, 1.165) is 26.2 Å². The van der Waals surface area contributed by atoms with Crippen LogP contribution in [-0.4, -0.2) is 33.0 Å². The first-order chi connectivity index (χ1) is 8.31. The Kier molecular flexibility index (Phi) is 5.11. The Labute approximate surface area is 99.7 Å². The summed E-state index contributed by atoms with van der Waals surface area (Å²) in [4.78, 5) is 9.99. The van der Waals surface area contributed by atoms with Gasteiger partial charge in [-0.1, -0.05) is 0 Å². The average molecular weight is 235 g/mol. The molecular weight excluding hydrogens is 221 g/mol. The van der Waals surface area contributed by atoms with Gasteiger partial charge in [-0.2, -0.15) is 5.26 Å². The fourth-order valence-corrected chi connectivity index (χ4v) is 1.74. The molecule has 0 aromatic heterocycles. The highest BCUT2D eigenvalue weighted by atomic mass is 19.1. The summed E-state index contributed by atoms with van der Waals surface area (Å²) in [6.07, 6.45) is 0. The van der Waals surface area contributed by atoms with Crippen LogP contribution < -0.4 is 10.2 Å². The topological polar surface area (TPSA) is 56.1 Å². The third-order valence-corrected chi connectivity index (χ3v) is 2.53. The molecule has 0 saturated carbocycles. The average Bonchev–Trinajstić information content (AvgIpc) is 2.42. The van der Waals surface area contributed by atoms with Crippen LogP contribution in [0.1, 0.15) is 5.56 Å². The number of hydrogen-bond acceptors (Lipinski definition) is 4. The lowest BCUT2D eigenvalue weighted by Crippen LogP contribution is -2.43. The lowest BCUT2D eigenvalue weighted by molar-refractivity contribution is -0.0979. The molecule has 1 aliphatic rings. The number of carbonyl (C=O) groups excluding carboxylic acids is 1. The van der Waals surface area contributed by atoms with Gasteiger partial charge in [0.25, 0.3) is 0 Å². The van der Waals surface area contributed by atoms with E-state index in [9.17, 15) is 4.39 Å². The normalized spacial score (nSPS) is 14.5. The number of carbonyl (C=O) groups is 1. The van der Waals surface area contributed by atoms with Crippen LogP contribution in [0.3, 0.4) is 0 Å². The van der Waals surface area contributed by atoms with E-state index in [0.29, 0.717) is 11.3 Å². The van der Waals surface area contributed by atoms with Gasteiger partial charge in [-0.3, -0.25) is 0 Å². The Balaban J connectivity index is 0.000000686. The van der Waals surface area contributed by atoms with Crippen molar-refractivity contribution in [1.82, 2.24) is 5.32 Å². The molecule has 1 fully saturated rings. The molecular formula is C12H14FN3O. The minimum Gasteiger partial charge on any atom is -0.367 e. The van der Waals surface area contributed by atoms with E-state index < -0.39 is 0 Å². The van der Waals surface area contributed by atoms with Gasteiger partial charge >= 0.3 is 0 Å². The molecule has 1 aromatic carbocycles. The number of benzene rings is 1. The fourth-order valence-electron chi connectivity index (χ4n) is 1.74. The Bertz CT molecular complexity index is 411. The molecule has 1 saturated heterocycles. The molecule has 5 heteroatoms. The number of rotatable bonds is 1. The highest BCUT2D eigenvalue weighted by Crippen LogP contribution is 2.20. The zero-order valence-electron chi connectivity index (χ0n) is 9.45. The van der Waals surface area contributed by atoms with Gasteiger partial charge < -0.3 is 15.0 Å². The van der Waals surface area contributed by atoms with Crippen molar-refractivity contribution in [3.05, 3.63) is 29.6 Å². The van der Waals surface area contributed by atoms with E-state index in [4.69, 9.17) is 10.1 Å². The molecule has 0 unspecified atom stereocenters. The SMILES string of the molecule is C=O.N#Cc1ccc(N2CCNCC2)c(F)c1. The van der Waals surface area contributed by atoms with Gasteiger partial charge in [-0.05, 0) is 18.2 Å². The van der Waals surface area contributed by atoms with E-state index in [2.05, 4.69) is 5.32 Å². The Hall–Kier alpha value is -1.93. The van der Waals surface area contributed by atoms with Crippen molar-refractivity contribution < 1.29 is 9.18 Å². The van der Waals surface area contributed by atoms with E-state index >= 15 is 0 Å². The summed E-state index contributed by atoms with van der Waals surface area (Å²) in [5, 5.41) is 11.8. The van der Waals surface area contributed by atoms with Crippen LogP contribution in [0.15, 0.2) is 18.2 Å². The van der Waals surface area contributed by atoms with Crippen molar-refractivity contribution in [3.63, 3.8) is 0 Å². The molecule has 1 N–H and O–H groups in total. The third-order valence-electron chi connectivity index (χ3n) is 2.53. The second-order valence-electron chi connectivity index (χ2n) is 3.52. The minimum absolute atomic E-state index is 0.309. The summed E-state index contributed by atoms with van der Waals surface area (Å²) in [6.45, 7) is 5.37. The molecule has 0 aliphatic carbocycles. The Morgan fingerprint density at radius 1 is 1.35 bits per heavy atom. The number of anilines is 1. The monoisotopic (exact) mass is 235 g/mol. The van der Waals surface area contributed by atoms with Gasteiger partial charge in [-0.15, -0.1) is 0 Å². The molecule has 0 bridgehead atoms. The molecule has 1 aromatic rings. The summed E-state index contributed by atoms with van der Waals surface area (Å²) in [5.41, 5.74) is 0.960. The Morgan fingerprint density at radius 2 is 2.00 bits per heavy atom. The van der Waals surface area contributed by atoms with Crippen molar-refractivity contribution in [2.24, 2.45) is 0 Å².